The summed E-state index contributed by atoms with van der Waals surface area (Å²) in [5.74, 6) is -5.35. The van der Waals surface area contributed by atoms with Crippen LogP contribution in [0.3, 0.4) is 0 Å². The number of carbonyl (C=O) groups excluding carboxylic acids is 4. The number of fused-ring (bicyclic) bond motifs is 4. The molecule has 14 heteroatoms. The van der Waals surface area contributed by atoms with Crippen LogP contribution in [-0.4, -0.2) is 83.8 Å². The van der Waals surface area contributed by atoms with Gasteiger partial charge >= 0.3 is 0 Å². The lowest BCUT2D eigenvalue weighted by atomic mass is 9.56. The van der Waals surface area contributed by atoms with Crippen molar-refractivity contribution in [2.75, 3.05) is 50.3 Å². The van der Waals surface area contributed by atoms with Gasteiger partial charge in [-0.15, -0.1) is 23.2 Å². The van der Waals surface area contributed by atoms with E-state index in [-0.39, 0.29) is 40.6 Å². The van der Waals surface area contributed by atoms with E-state index >= 15 is 0 Å². The number of nitrogens with zero attached hydrogens (tertiary/aromatic N) is 3. The second-order valence-electron chi connectivity index (χ2n) is 12.3. The Morgan fingerprint density at radius 1 is 0.957 bits per heavy atom. The second kappa shape index (κ2) is 11.2. The number of alkyl halides is 2. The van der Waals surface area contributed by atoms with Gasteiger partial charge in [-0.3, -0.25) is 29.0 Å². The van der Waals surface area contributed by atoms with Gasteiger partial charge in [-0.2, -0.15) is 0 Å². The van der Waals surface area contributed by atoms with Gasteiger partial charge in [-0.05, 0) is 86.5 Å². The van der Waals surface area contributed by atoms with Crippen molar-refractivity contribution in [2.24, 2.45) is 17.8 Å². The number of benzene rings is 2. The van der Waals surface area contributed by atoms with Gasteiger partial charge in [0.15, 0.2) is 21.2 Å². The Morgan fingerprint density at radius 3 is 2.26 bits per heavy atom. The summed E-state index contributed by atoms with van der Waals surface area (Å²) in [4.78, 5) is 56.4. The van der Waals surface area contributed by atoms with Gasteiger partial charge in [0.1, 0.15) is 0 Å². The van der Waals surface area contributed by atoms with Crippen LogP contribution >= 0.6 is 55.1 Å². The second-order valence-corrected chi connectivity index (χ2v) is 15.1. The molecule has 0 bridgehead atoms. The van der Waals surface area contributed by atoms with Crippen molar-refractivity contribution in [1.29, 1.82) is 0 Å². The number of hydrogen-bond donors (Lipinski definition) is 1. The number of anilines is 2. The minimum atomic E-state index is -1.97. The molecule has 2 aromatic carbocycles. The lowest BCUT2D eigenvalue weighted by Gasteiger charge is -2.51. The lowest BCUT2D eigenvalue weighted by molar-refractivity contribution is -0.138. The van der Waals surface area contributed by atoms with Gasteiger partial charge in [0.05, 0.1) is 42.3 Å². The molecule has 46 heavy (non-hydrogen) atoms. The van der Waals surface area contributed by atoms with Gasteiger partial charge in [0.2, 0.25) is 11.8 Å². The van der Waals surface area contributed by atoms with E-state index in [0.717, 1.165) is 23.7 Å². The number of morpholine rings is 1. The topological polar surface area (TPSA) is 117 Å². The monoisotopic (exact) mass is 795 g/mol. The van der Waals surface area contributed by atoms with E-state index in [1.807, 2.05) is 18.2 Å². The summed E-state index contributed by atoms with van der Waals surface area (Å²) in [6.45, 7) is 2.76. The van der Waals surface area contributed by atoms with Crippen molar-refractivity contribution in [3.8, 4) is 11.5 Å². The highest BCUT2D eigenvalue weighted by Gasteiger charge is 2.76. The number of phenols is 1. The molecule has 3 aliphatic heterocycles. The molecule has 1 N–H and O–H groups in total. The maximum absolute atomic E-state index is 14.3. The Balaban J connectivity index is 1.32. The molecule has 0 radical (unpaired) electrons. The third-order valence-electron chi connectivity index (χ3n) is 10.2. The molecule has 2 aromatic rings. The first kappa shape index (κ1) is 31.9. The molecule has 7 rings (SSSR count). The van der Waals surface area contributed by atoms with Crippen molar-refractivity contribution in [2.45, 2.75) is 28.5 Å². The average Bonchev–Trinajstić information content (AvgIpc) is 3.39. The van der Waals surface area contributed by atoms with Crippen molar-refractivity contribution >= 4 is 90.1 Å². The largest absolute Gasteiger partial charge is 0.503 e. The van der Waals surface area contributed by atoms with Gasteiger partial charge < -0.3 is 19.5 Å². The number of allylic oxidation sites excluding steroid dienone is 2. The van der Waals surface area contributed by atoms with E-state index < -0.39 is 45.2 Å². The molecule has 242 valence electrons. The minimum Gasteiger partial charge on any atom is -0.503 e. The van der Waals surface area contributed by atoms with Crippen LogP contribution < -0.4 is 14.5 Å². The summed E-state index contributed by atoms with van der Waals surface area (Å²) in [7, 11) is 2.72. The number of likely N-dealkylation sites (tertiary alicyclic amines) is 1. The minimum absolute atomic E-state index is 0.103. The average molecular weight is 798 g/mol. The maximum atomic E-state index is 14.3. The molecule has 10 nitrogen and oxygen atoms in total. The van der Waals surface area contributed by atoms with Crippen LogP contribution in [0.4, 0.5) is 11.4 Å². The summed E-state index contributed by atoms with van der Waals surface area (Å²) in [6, 6.07) is 8.88. The van der Waals surface area contributed by atoms with E-state index in [1.165, 1.54) is 19.1 Å². The normalized spacial score (nSPS) is 32.4. The summed E-state index contributed by atoms with van der Waals surface area (Å²) >= 11 is 21.5. The molecule has 2 aliphatic carbocycles. The lowest BCUT2D eigenvalue weighted by Crippen LogP contribution is -2.60. The van der Waals surface area contributed by atoms with Crippen LogP contribution in [0.25, 0.3) is 0 Å². The fourth-order valence-corrected chi connectivity index (χ4v) is 9.92. The van der Waals surface area contributed by atoms with Crippen molar-refractivity contribution < 1.29 is 33.8 Å². The first-order valence-electron chi connectivity index (χ1n) is 14.8. The predicted octanol–water partition coefficient (Wildman–Crippen LogP) is 4.96. The number of ether oxygens (including phenoxy) is 2. The quantitative estimate of drug-likeness (QED) is 0.263. The van der Waals surface area contributed by atoms with Crippen molar-refractivity contribution in [3.05, 3.63) is 56.5 Å². The number of phenolic OH excluding ortho intramolecular Hbond substituents is 1. The summed E-state index contributed by atoms with van der Waals surface area (Å²) in [6.07, 6.45) is 1.98. The third-order valence-corrected chi connectivity index (χ3v) is 13.8. The molecule has 1 saturated carbocycles. The Bertz CT molecular complexity index is 1730. The molecule has 0 spiro atoms. The smallest absolute Gasteiger partial charge is 0.253 e. The highest BCUT2D eigenvalue weighted by Crippen LogP contribution is 2.66. The van der Waals surface area contributed by atoms with E-state index in [1.54, 1.807) is 18.2 Å². The standard InChI is InChI=1S/C32H29Br2Cl2N3O7/c1-37-29(43)31(35)14-20-17(23(32(31,36)30(37)44)19-13-21(45-2)26(40)25(34)24(19)33)7-8-18-22(20)28(42)39(27(18)41)16-5-3-15(4-6-16)38-9-11-46-12-10-38/h3-7,13,18,20,22-23,40H,8-12,14H2,1-2H3. The first-order valence-corrected chi connectivity index (χ1v) is 17.2. The fraction of sp³-hybridized carbons (Fsp3) is 0.438. The van der Waals surface area contributed by atoms with Crippen LogP contribution in [0.5, 0.6) is 11.5 Å². The Kier molecular flexibility index (Phi) is 7.79. The highest BCUT2D eigenvalue weighted by molar-refractivity contribution is 9.13. The van der Waals surface area contributed by atoms with Gasteiger partial charge in [-0.25, -0.2) is 0 Å². The summed E-state index contributed by atoms with van der Waals surface area (Å²) in [5.41, 5.74) is 2.50. The summed E-state index contributed by atoms with van der Waals surface area (Å²) < 4.78 is 11.5. The molecule has 5 aliphatic rings. The number of rotatable bonds is 4. The van der Waals surface area contributed by atoms with E-state index in [2.05, 4.69) is 36.8 Å². The Morgan fingerprint density at radius 2 is 1.61 bits per heavy atom. The number of imide groups is 2. The number of halogens is 4. The molecule has 3 heterocycles. The van der Waals surface area contributed by atoms with Crippen LogP contribution in [-0.2, 0) is 23.9 Å². The van der Waals surface area contributed by atoms with Crippen molar-refractivity contribution in [3.63, 3.8) is 0 Å². The molecule has 4 fully saturated rings. The zero-order valence-corrected chi connectivity index (χ0v) is 29.5. The maximum Gasteiger partial charge on any atom is 0.253 e. The Labute approximate surface area is 291 Å². The molecule has 4 amide bonds. The SMILES string of the molecule is COc1cc(C2C3=CCC4C(=O)N(c5ccc(N6CCOCC6)cc5)C(=O)C4C3CC3(Cl)C(=O)N(C)C(=O)C23Cl)c(Br)c(Br)c1O. The third kappa shape index (κ3) is 4.22. The number of hydrogen-bond acceptors (Lipinski definition) is 8. The zero-order valence-electron chi connectivity index (χ0n) is 24.8. The molecule has 6 unspecified atom stereocenters. The molecule has 0 aromatic heterocycles. The zero-order chi connectivity index (χ0) is 32.9. The van der Waals surface area contributed by atoms with Gasteiger partial charge in [0, 0.05) is 36.2 Å². The number of amides is 4. The van der Waals surface area contributed by atoms with Crippen LogP contribution in [0.1, 0.15) is 24.3 Å². The Hall–Kier alpha value is -2.64. The van der Waals surface area contributed by atoms with Crippen LogP contribution in [0, 0.1) is 17.8 Å². The summed E-state index contributed by atoms with van der Waals surface area (Å²) in [5, 5.41) is 10.7. The highest BCUT2D eigenvalue weighted by atomic mass is 79.9. The van der Waals surface area contributed by atoms with E-state index in [9.17, 15) is 24.3 Å². The number of aromatic hydroxyl groups is 1. The molecule has 3 saturated heterocycles. The van der Waals surface area contributed by atoms with Crippen molar-refractivity contribution in [1.82, 2.24) is 4.90 Å². The molecule has 6 atom stereocenters. The number of carbonyl (C=O) groups is 4. The van der Waals surface area contributed by atoms with Gasteiger partial charge in [0.25, 0.3) is 11.8 Å². The van der Waals surface area contributed by atoms with E-state index in [4.69, 9.17) is 32.7 Å². The first-order chi connectivity index (χ1) is 21.9. The fourth-order valence-electron chi connectivity index (χ4n) is 7.96. The molecular weight excluding hydrogens is 769 g/mol. The van der Waals surface area contributed by atoms with Crippen LogP contribution in [0.15, 0.2) is 50.9 Å². The molecular formula is C32H29Br2Cl2N3O7. The van der Waals surface area contributed by atoms with Gasteiger partial charge in [-0.1, -0.05) is 11.6 Å². The predicted molar refractivity (Wildman–Crippen MR) is 177 cm³/mol. The van der Waals surface area contributed by atoms with Crippen LogP contribution in [0.2, 0.25) is 0 Å². The number of methoxy groups -OCH3 is 1. The van der Waals surface area contributed by atoms with E-state index in [0.29, 0.717) is 34.5 Å².